The van der Waals surface area contributed by atoms with Gasteiger partial charge in [0.2, 0.25) is 0 Å². The Labute approximate surface area is 166 Å². The van der Waals surface area contributed by atoms with E-state index < -0.39 is 0 Å². The van der Waals surface area contributed by atoms with Gasteiger partial charge in [-0.2, -0.15) is 0 Å². The quantitative estimate of drug-likeness (QED) is 0.300. The Balaban J connectivity index is 1.73. The topological polar surface area (TPSA) is 0 Å². The minimum absolute atomic E-state index is 1.26. The first-order valence-corrected chi connectivity index (χ1v) is 9.80. The molecule has 0 heteroatoms. The van der Waals surface area contributed by atoms with Crippen LogP contribution in [0.15, 0.2) is 97.1 Å². The van der Waals surface area contributed by atoms with Crippen molar-refractivity contribution >= 4 is 21.5 Å². The van der Waals surface area contributed by atoms with Crippen LogP contribution in [-0.2, 0) is 0 Å². The number of fused-ring (bicyclic) bond motifs is 2. The van der Waals surface area contributed by atoms with E-state index in [1.165, 1.54) is 54.9 Å². The highest BCUT2D eigenvalue weighted by Gasteiger charge is 2.09. The fraction of sp³-hybridized carbons (Fsp3) is 0.0714. The molecule has 0 aliphatic rings. The van der Waals surface area contributed by atoms with Crippen molar-refractivity contribution in [3.63, 3.8) is 0 Å². The van der Waals surface area contributed by atoms with Crippen LogP contribution in [0.2, 0.25) is 0 Å². The molecule has 5 rings (SSSR count). The second kappa shape index (κ2) is 6.65. The van der Waals surface area contributed by atoms with E-state index in [0.717, 1.165) is 0 Å². The van der Waals surface area contributed by atoms with Crippen molar-refractivity contribution in [2.45, 2.75) is 13.8 Å². The predicted octanol–water partition coefficient (Wildman–Crippen LogP) is 7.94. The molecule has 134 valence electrons. The number of benzene rings is 5. The lowest BCUT2D eigenvalue weighted by Crippen LogP contribution is -1.87. The average Bonchev–Trinajstić information content (AvgIpc) is 2.75. The molecule has 0 nitrogen and oxygen atoms in total. The van der Waals surface area contributed by atoms with Gasteiger partial charge >= 0.3 is 0 Å². The van der Waals surface area contributed by atoms with Crippen LogP contribution < -0.4 is 0 Å². The molecule has 0 radical (unpaired) electrons. The van der Waals surface area contributed by atoms with Gasteiger partial charge in [-0.3, -0.25) is 0 Å². The van der Waals surface area contributed by atoms with Crippen molar-refractivity contribution < 1.29 is 0 Å². The summed E-state index contributed by atoms with van der Waals surface area (Å²) in [6.07, 6.45) is 0. The van der Waals surface area contributed by atoms with Gasteiger partial charge in [0.1, 0.15) is 0 Å². The lowest BCUT2D eigenvalue weighted by molar-refractivity contribution is 1.51. The van der Waals surface area contributed by atoms with Gasteiger partial charge in [-0.05, 0) is 74.8 Å². The Kier molecular flexibility index (Phi) is 3.98. The van der Waals surface area contributed by atoms with E-state index in [1.54, 1.807) is 0 Å². The molecule has 5 aromatic rings. The van der Waals surface area contributed by atoms with Gasteiger partial charge in [-0.1, -0.05) is 91.0 Å². The lowest BCUT2D eigenvalue weighted by Gasteiger charge is -2.13. The fourth-order valence-corrected chi connectivity index (χ4v) is 4.26. The third-order valence-corrected chi connectivity index (χ3v) is 5.77. The molecule has 0 aliphatic carbocycles. The molecule has 0 saturated heterocycles. The first-order chi connectivity index (χ1) is 13.7. The largest absolute Gasteiger partial charge is 0.0616 e. The number of rotatable bonds is 2. The van der Waals surface area contributed by atoms with E-state index in [1.807, 2.05) is 0 Å². The zero-order chi connectivity index (χ0) is 19.1. The zero-order valence-electron chi connectivity index (χ0n) is 16.2. The molecule has 0 unspecified atom stereocenters. The van der Waals surface area contributed by atoms with E-state index >= 15 is 0 Å². The van der Waals surface area contributed by atoms with Gasteiger partial charge in [-0.25, -0.2) is 0 Å². The minimum atomic E-state index is 1.26. The predicted molar refractivity (Wildman–Crippen MR) is 122 cm³/mol. The maximum Gasteiger partial charge on any atom is -0.0103 e. The third kappa shape index (κ3) is 2.70. The monoisotopic (exact) mass is 358 g/mol. The Hall–Kier alpha value is -3.38. The van der Waals surface area contributed by atoms with E-state index in [4.69, 9.17) is 0 Å². The van der Waals surface area contributed by atoms with Crippen LogP contribution in [-0.4, -0.2) is 0 Å². The van der Waals surface area contributed by atoms with Crippen LogP contribution in [0.4, 0.5) is 0 Å². The van der Waals surface area contributed by atoms with Crippen LogP contribution >= 0.6 is 0 Å². The van der Waals surface area contributed by atoms with Crippen molar-refractivity contribution in [1.82, 2.24) is 0 Å². The molecule has 28 heavy (non-hydrogen) atoms. The van der Waals surface area contributed by atoms with Gasteiger partial charge < -0.3 is 0 Å². The second-order valence-electron chi connectivity index (χ2n) is 7.53. The van der Waals surface area contributed by atoms with E-state index in [2.05, 4.69) is 111 Å². The Morgan fingerprint density at radius 3 is 1.29 bits per heavy atom. The summed E-state index contributed by atoms with van der Waals surface area (Å²) in [7, 11) is 0. The van der Waals surface area contributed by atoms with Crippen LogP contribution in [0.1, 0.15) is 11.1 Å². The molecule has 0 spiro atoms. The summed E-state index contributed by atoms with van der Waals surface area (Å²) in [6, 6.07) is 35.3. The molecule has 0 aliphatic heterocycles. The highest BCUT2D eigenvalue weighted by molar-refractivity contribution is 6.01. The van der Waals surface area contributed by atoms with Crippen molar-refractivity contribution in [3.05, 3.63) is 108 Å². The fourth-order valence-electron chi connectivity index (χ4n) is 4.26. The number of aryl methyl sites for hydroxylation is 2. The van der Waals surface area contributed by atoms with Crippen LogP contribution in [0.25, 0.3) is 43.8 Å². The van der Waals surface area contributed by atoms with E-state index in [0.29, 0.717) is 0 Å². The van der Waals surface area contributed by atoms with E-state index in [9.17, 15) is 0 Å². The van der Waals surface area contributed by atoms with Crippen molar-refractivity contribution in [2.75, 3.05) is 0 Å². The standard InChI is InChI=1S/C28H22/c1-19-14-16-25(27-12-5-3-10-23(19)27)21-8-7-9-22(18-21)26-17-15-20(2)24-11-4-6-13-28(24)26/h3-18H,1-2H3. The lowest BCUT2D eigenvalue weighted by atomic mass is 9.91. The molecule has 0 amide bonds. The molecule has 0 fully saturated rings. The van der Waals surface area contributed by atoms with Crippen molar-refractivity contribution in [2.24, 2.45) is 0 Å². The Bertz CT molecular complexity index is 1220. The molecular weight excluding hydrogens is 336 g/mol. The summed E-state index contributed by atoms with van der Waals surface area (Å²) in [5, 5.41) is 5.28. The first kappa shape index (κ1) is 16.8. The van der Waals surface area contributed by atoms with Gasteiger partial charge in [0.05, 0.1) is 0 Å². The SMILES string of the molecule is Cc1ccc(-c2cccc(-c3ccc(C)c4ccccc34)c2)c2ccccc12. The summed E-state index contributed by atoms with van der Waals surface area (Å²) in [5.41, 5.74) is 7.75. The van der Waals surface area contributed by atoms with Crippen molar-refractivity contribution in [3.8, 4) is 22.3 Å². The molecule has 5 aromatic carbocycles. The van der Waals surface area contributed by atoms with Crippen molar-refractivity contribution in [1.29, 1.82) is 0 Å². The summed E-state index contributed by atoms with van der Waals surface area (Å²) >= 11 is 0. The maximum absolute atomic E-state index is 2.33. The summed E-state index contributed by atoms with van der Waals surface area (Å²) < 4.78 is 0. The van der Waals surface area contributed by atoms with Gasteiger partial charge in [0.15, 0.2) is 0 Å². The molecule has 0 atom stereocenters. The maximum atomic E-state index is 2.33. The smallest absolute Gasteiger partial charge is 0.0103 e. The second-order valence-corrected chi connectivity index (χ2v) is 7.53. The van der Waals surface area contributed by atoms with Gasteiger partial charge in [0.25, 0.3) is 0 Å². The highest BCUT2D eigenvalue weighted by Crippen LogP contribution is 2.35. The first-order valence-electron chi connectivity index (χ1n) is 9.80. The zero-order valence-corrected chi connectivity index (χ0v) is 16.2. The molecule has 0 N–H and O–H groups in total. The molecular formula is C28H22. The number of hydrogen-bond donors (Lipinski definition) is 0. The summed E-state index contributed by atoms with van der Waals surface area (Å²) in [6.45, 7) is 4.36. The Morgan fingerprint density at radius 2 is 0.821 bits per heavy atom. The molecule has 0 aromatic heterocycles. The molecule has 0 heterocycles. The van der Waals surface area contributed by atoms with Gasteiger partial charge in [-0.15, -0.1) is 0 Å². The molecule has 0 saturated carbocycles. The minimum Gasteiger partial charge on any atom is -0.0616 e. The van der Waals surface area contributed by atoms with E-state index in [-0.39, 0.29) is 0 Å². The molecule has 0 bridgehead atoms. The average molecular weight is 358 g/mol. The van der Waals surface area contributed by atoms with Gasteiger partial charge in [0, 0.05) is 0 Å². The summed E-state index contributed by atoms with van der Waals surface area (Å²) in [4.78, 5) is 0. The number of hydrogen-bond acceptors (Lipinski definition) is 0. The normalized spacial score (nSPS) is 11.2. The third-order valence-electron chi connectivity index (χ3n) is 5.77. The Morgan fingerprint density at radius 1 is 0.393 bits per heavy atom. The van der Waals surface area contributed by atoms with Crippen LogP contribution in [0, 0.1) is 13.8 Å². The highest BCUT2D eigenvalue weighted by atomic mass is 14.1. The van der Waals surface area contributed by atoms with Crippen LogP contribution in [0.5, 0.6) is 0 Å². The summed E-state index contributed by atoms with van der Waals surface area (Å²) in [5.74, 6) is 0. The van der Waals surface area contributed by atoms with Crippen LogP contribution in [0.3, 0.4) is 0 Å².